The van der Waals surface area contributed by atoms with Crippen molar-refractivity contribution >= 4 is 5.91 Å². The highest BCUT2D eigenvalue weighted by Gasteiger charge is 2.35. The Hall–Kier alpha value is -1.32. The lowest BCUT2D eigenvalue weighted by atomic mass is 10.0. The first-order valence-electron chi connectivity index (χ1n) is 6.12. The predicted molar refractivity (Wildman–Crippen MR) is 59.8 cm³/mol. The van der Waals surface area contributed by atoms with E-state index in [1.807, 2.05) is 28.0 Å². The summed E-state index contributed by atoms with van der Waals surface area (Å²) in [5.41, 5.74) is 0. The first kappa shape index (κ1) is 9.87. The number of hydrogen-bond donors (Lipinski definition) is 0. The maximum atomic E-state index is 11.9. The minimum Gasteiger partial charge on any atom is -0.342 e. The van der Waals surface area contributed by atoms with Gasteiger partial charge in [-0.3, -0.25) is 9.48 Å². The molecule has 1 saturated heterocycles. The molecule has 16 heavy (non-hydrogen) atoms. The van der Waals surface area contributed by atoms with Gasteiger partial charge in [0.25, 0.3) is 0 Å². The van der Waals surface area contributed by atoms with Crippen molar-refractivity contribution in [2.75, 3.05) is 13.1 Å². The predicted octanol–water partition coefficient (Wildman–Crippen LogP) is 1.46. The van der Waals surface area contributed by atoms with Crippen LogP contribution in [0.3, 0.4) is 0 Å². The van der Waals surface area contributed by atoms with Gasteiger partial charge in [-0.1, -0.05) is 0 Å². The third kappa shape index (κ3) is 1.84. The summed E-state index contributed by atoms with van der Waals surface area (Å²) in [4.78, 5) is 13.9. The monoisotopic (exact) mass is 219 g/mol. The van der Waals surface area contributed by atoms with Crippen molar-refractivity contribution in [1.29, 1.82) is 0 Å². The zero-order chi connectivity index (χ0) is 11.0. The van der Waals surface area contributed by atoms with Gasteiger partial charge in [-0.2, -0.15) is 5.10 Å². The number of carbonyl (C=O) groups is 1. The van der Waals surface area contributed by atoms with Crippen molar-refractivity contribution < 1.29 is 4.79 Å². The van der Waals surface area contributed by atoms with E-state index in [4.69, 9.17) is 0 Å². The molecule has 4 heteroatoms. The fraction of sp³-hybridized carbons (Fsp3) is 0.667. The molecule has 0 spiro atoms. The Morgan fingerprint density at radius 3 is 2.50 bits per heavy atom. The molecular formula is C12H17N3O. The quantitative estimate of drug-likeness (QED) is 0.755. The molecule has 0 bridgehead atoms. The topological polar surface area (TPSA) is 38.1 Å². The summed E-state index contributed by atoms with van der Waals surface area (Å²) in [6.45, 7) is 1.81. The van der Waals surface area contributed by atoms with E-state index in [-0.39, 0.29) is 0 Å². The maximum Gasteiger partial charge on any atom is 0.225 e. The van der Waals surface area contributed by atoms with Gasteiger partial charge < -0.3 is 4.90 Å². The lowest BCUT2D eigenvalue weighted by Gasteiger charge is -2.32. The van der Waals surface area contributed by atoms with Crippen LogP contribution in [-0.4, -0.2) is 33.7 Å². The van der Waals surface area contributed by atoms with Gasteiger partial charge in [0.05, 0.1) is 6.04 Å². The zero-order valence-corrected chi connectivity index (χ0v) is 9.38. The van der Waals surface area contributed by atoms with Gasteiger partial charge in [-0.15, -0.1) is 0 Å². The van der Waals surface area contributed by atoms with Gasteiger partial charge in [-0.05, 0) is 31.7 Å². The first-order valence-corrected chi connectivity index (χ1v) is 6.12. The Morgan fingerprint density at radius 1 is 1.19 bits per heavy atom. The van der Waals surface area contributed by atoms with Crippen molar-refractivity contribution in [2.45, 2.75) is 31.7 Å². The number of aromatic nitrogens is 2. The fourth-order valence-corrected chi connectivity index (χ4v) is 2.44. The summed E-state index contributed by atoms with van der Waals surface area (Å²) in [7, 11) is 0. The van der Waals surface area contributed by atoms with Crippen LogP contribution in [0.15, 0.2) is 18.5 Å². The third-order valence-electron chi connectivity index (χ3n) is 3.60. The second-order valence-corrected chi connectivity index (χ2v) is 4.82. The molecule has 2 fully saturated rings. The number of carbonyl (C=O) groups excluding carboxylic acids is 1. The second kappa shape index (κ2) is 3.92. The Kier molecular flexibility index (Phi) is 2.42. The van der Waals surface area contributed by atoms with Crippen molar-refractivity contribution in [3.05, 3.63) is 18.5 Å². The summed E-state index contributed by atoms with van der Waals surface area (Å²) in [6, 6.07) is 2.44. The van der Waals surface area contributed by atoms with Crippen LogP contribution in [0.1, 0.15) is 31.7 Å². The Morgan fingerprint density at radius 2 is 1.94 bits per heavy atom. The van der Waals surface area contributed by atoms with Crippen molar-refractivity contribution in [2.24, 2.45) is 5.92 Å². The molecule has 2 heterocycles. The molecule has 1 aromatic rings. The van der Waals surface area contributed by atoms with E-state index in [0.29, 0.717) is 17.9 Å². The van der Waals surface area contributed by atoms with Crippen LogP contribution in [0.25, 0.3) is 0 Å². The molecule has 1 aromatic heterocycles. The molecule has 3 rings (SSSR count). The van der Waals surface area contributed by atoms with E-state index in [1.165, 1.54) is 0 Å². The van der Waals surface area contributed by atoms with Crippen molar-refractivity contribution in [1.82, 2.24) is 14.7 Å². The molecule has 1 saturated carbocycles. The third-order valence-corrected chi connectivity index (χ3v) is 3.60. The molecule has 0 N–H and O–H groups in total. The van der Waals surface area contributed by atoms with Crippen molar-refractivity contribution in [3.63, 3.8) is 0 Å². The average Bonchev–Trinajstić information content (AvgIpc) is 3.04. The van der Waals surface area contributed by atoms with E-state index in [2.05, 4.69) is 5.10 Å². The van der Waals surface area contributed by atoms with Gasteiger partial charge in [0, 0.05) is 31.4 Å². The van der Waals surface area contributed by atoms with Crippen LogP contribution in [0.2, 0.25) is 0 Å². The number of nitrogens with zero attached hydrogens (tertiary/aromatic N) is 3. The van der Waals surface area contributed by atoms with Gasteiger partial charge in [0.15, 0.2) is 0 Å². The molecule has 86 valence electrons. The van der Waals surface area contributed by atoms with Crippen molar-refractivity contribution in [3.8, 4) is 0 Å². The zero-order valence-electron chi connectivity index (χ0n) is 9.38. The van der Waals surface area contributed by atoms with Gasteiger partial charge in [0.2, 0.25) is 5.91 Å². The Balaban J connectivity index is 1.57. The van der Waals surface area contributed by atoms with E-state index in [0.717, 1.165) is 38.8 Å². The molecule has 2 aliphatic rings. The number of rotatable bonds is 2. The molecule has 1 amide bonds. The highest BCUT2D eigenvalue weighted by Crippen LogP contribution is 2.32. The fourth-order valence-electron chi connectivity index (χ4n) is 2.44. The summed E-state index contributed by atoms with van der Waals surface area (Å²) in [6.07, 6.45) is 8.14. The van der Waals surface area contributed by atoms with Crippen LogP contribution in [0.5, 0.6) is 0 Å². The first-order chi connectivity index (χ1) is 7.84. The van der Waals surface area contributed by atoms with E-state index in [1.54, 1.807) is 0 Å². The summed E-state index contributed by atoms with van der Waals surface area (Å²) in [5.74, 6) is 0.750. The summed E-state index contributed by atoms with van der Waals surface area (Å²) >= 11 is 0. The smallest absolute Gasteiger partial charge is 0.225 e. The van der Waals surface area contributed by atoms with Crippen LogP contribution in [0.4, 0.5) is 0 Å². The Bertz CT molecular complexity index is 362. The molecular weight excluding hydrogens is 202 g/mol. The lowest BCUT2D eigenvalue weighted by Crippen LogP contribution is -2.39. The van der Waals surface area contributed by atoms with Gasteiger partial charge >= 0.3 is 0 Å². The standard InChI is InChI=1S/C12H17N3O/c16-12(10-2-3-10)14-8-4-11(5-9-14)15-7-1-6-13-15/h1,6-7,10-11H,2-5,8-9H2. The highest BCUT2D eigenvalue weighted by atomic mass is 16.2. The van der Waals surface area contributed by atoms with Crippen LogP contribution in [0, 0.1) is 5.92 Å². The minimum absolute atomic E-state index is 0.362. The molecule has 1 aliphatic carbocycles. The Labute approximate surface area is 95.2 Å². The van der Waals surface area contributed by atoms with Gasteiger partial charge in [-0.25, -0.2) is 0 Å². The van der Waals surface area contributed by atoms with E-state index < -0.39 is 0 Å². The molecule has 4 nitrogen and oxygen atoms in total. The number of piperidine rings is 1. The van der Waals surface area contributed by atoms with Gasteiger partial charge in [0.1, 0.15) is 0 Å². The normalized spacial score (nSPS) is 22.4. The van der Waals surface area contributed by atoms with Crippen LogP contribution >= 0.6 is 0 Å². The number of likely N-dealkylation sites (tertiary alicyclic amines) is 1. The maximum absolute atomic E-state index is 11.9. The van der Waals surface area contributed by atoms with Crippen LogP contribution < -0.4 is 0 Å². The highest BCUT2D eigenvalue weighted by molar-refractivity contribution is 5.81. The molecule has 0 unspecified atom stereocenters. The molecule has 0 aromatic carbocycles. The molecule has 0 atom stereocenters. The number of hydrogen-bond acceptors (Lipinski definition) is 2. The summed E-state index contributed by atoms with van der Waals surface area (Å²) in [5, 5.41) is 4.27. The minimum atomic E-state index is 0.362. The molecule has 1 aliphatic heterocycles. The number of amides is 1. The van der Waals surface area contributed by atoms with Crippen LogP contribution in [-0.2, 0) is 4.79 Å². The SMILES string of the molecule is O=C(C1CC1)N1CCC(n2cccn2)CC1. The second-order valence-electron chi connectivity index (χ2n) is 4.82. The summed E-state index contributed by atoms with van der Waals surface area (Å²) < 4.78 is 2.03. The van der Waals surface area contributed by atoms with E-state index >= 15 is 0 Å². The lowest BCUT2D eigenvalue weighted by molar-refractivity contribution is -0.133. The average molecular weight is 219 g/mol. The molecule has 0 radical (unpaired) electrons. The largest absolute Gasteiger partial charge is 0.342 e. The van der Waals surface area contributed by atoms with E-state index in [9.17, 15) is 4.79 Å².